The van der Waals surface area contributed by atoms with E-state index < -0.39 is 10.0 Å². The number of hydrogen-bond donors (Lipinski definition) is 1. The molecule has 27 heavy (non-hydrogen) atoms. The van der Waals surface area contributed by atoms with Gasteiger partial charge in [-0.1, -0.05) is 0 Å². The average molecular weight is 397 g/mol. The van der Waals surface area contributed by atoms with Crippen LogP contribution in [-0.2, 0) is 14.8 Å². The minimum absolute atomic E-state index is 0.142. The molecule has 0 saturated carbocycles. The molecule has 2 saturated heterocycles. The highest BCUT2D eigenvalue weighted by molar-refractivity contribution is 7.89. The van der Waals surface area contributed by atoms with E-state index in [9.17, 15) is 13.2 Å². The number of ether oxygens (including phenoxy) is 1. The SMILES string of the molecule is C[C@@H]1CN(S(=O)(=O)c2ccc(C(=O)NN3CCN(C)CC3)cc2)C[C@@H](C)O1. The van der Waals surface area contributed by atoms with Gasteiger partial charge >= 0.3 is 0 Å². The van der Waals surface area contributed by atoms with Gasteiger partial charge in [-0.25, -0.2) is 13.4 Å². The third-order valence-corrected chi connectivity index (χ3v) is 6.75. The summed E-state index contributed by atoms with van der Waals surface area (Å²) in [6.07, 6.45) is -0.283. The molecule has 3 rings (SSSR count). The summed E-state index contributed by atoms with van der Waals surface area (Å²) in [5, 5.41) is 1.89. The third kappa shape index (κ3) is 4.85. The van der Waals surface area contributed by atoms with E-state index in [1.54, 1.807) is 12.1 Å². The highest BCUT2D eigenvalue weighted by atomic mass is 32.2. The highest BCUT2D eigenvalue weighted by Gasteiger charge is 2.32. The number of sulfonamides is 1. The van der Waals surface area contributed by atoms with Crippen LogP contribution in [0, 0.1) is 0 Å². The van der Waals surface area contributed by atoms with Crippen molar-refractivity contribution in [2.24, 2.45) is 0 Å². The van der Waals surface area contributed by atoms with Crippen LogP contribution in [0.1, 0.15) is 24.2 Å². The lowest BCUT2D eigenvalue weighted by Crippen LogP contribution is -2.52. The van der Waals surface area contributed by atoms with Crippen molar-refractivity contribution in [1.82, 2.24) is 19.6 Å². The number of rotatable bonds is 4. The predicted molar refractivity (Wildman–Crippen MR) is 102 cm³/mol. The van der Waals surface area contributed by atoms with E-state index in [2.05, 4.69) is 10.3 Å². The number of hydrazine groups is 1. The fourth-order valence-corrected chi connectivity index (χ4v) is 4.97. The van der Waals surface area contributed by atoms with E-state index in [0.717, 1.165) is 26.2 Å². The van der Waals surface area contributed by atoms with Crippen molar-refractivity contribution >= 4 is 15.9 Å². The Morgan fingerprint density at radius 1 is 1.04 bits per heavy atom. The van der Waals surface area contributed by atoms with Crippen LogP contribution < -0.4 is 5.43 Å². The molecule has 150 valence electrons. The highest BCUT2D eigenvalue weighted by Crippen LogP contribution is 2.21. The van der Waals surface area contributed by atoms with Crippen LogP contribution in [0.3, 0.4) is 0 Å². The Balaban J connectivity index is 1.66. The van der Waals surface area contributed by atoms with Crippen LogP contribution in [0.2, 0.25) is 0 Å². The molecule has 0 unspecified atom stereocenters. The lowest BCUT2D eigenvalue weighted by Gasteiger charge is -2.34. The molecular formula is C18H28N4O4S. The maximum atomic E-state index is 12.9. The number of morpholine rings is 1. The number of piperazine rings is 1. The summed E-state index contributed by atoms with van der Waals surface area (Å²) >= 11 is 0. The molecule has 0 bridgehead atoms. The zero-order chi connectivity index (χ0) is 19.6. The minimum atomic E-state index is -3.60. The van der Waals surface area contributed by atoms with Gasteiger partial charge in [0.25, 0.3) is 5.91 Å². The summed E-state index contributed by atoms with van der Waals surface area (Å²) in [6.45, 7) is 7.72. The van der Waals surface area contributed by atoms with E-state index in [0.29, 0.717) is 18.7 Å². The van der Waals surface area contributed by atoms with Crippen molar-refractivity contribution < 1.29 is 17.9 Å². The second kappa shape index (κ2) is 8.24. The van der Waals surface area contributed by atoms with Crippen LogP contribution in [0.25, 0.3) is 0 Å². The van der Waals surface area contributed by atoms with Crippen LogP contribution in [0.5, 0.6) is 0 Å². The summed E-state index contributed by atoms with van der Waals surface area (Å²) < 4.78 is 32.8. The maximum absolute atomic E-state index is 12.9. The molecule has 1 aromatic carbocycles. The molecule has 2 aliphatic heterocycles. The second-order valence-electron chi connectivity index (χ2n) is 7.33. The molecule has 2 aliphatic rings. The largest absolute Gasteiger partial charge is 0.373 e. The number of amides is 1. The Kier molecular flexibility index (Phi) is 6.17. The topological polar surface area (TPSA) is 82.2 Å². The Morgan fingerprint density at radius 2 is 1.59 bits per heavy atom. The van der Waals surface area contributed by atoms with E-state index in [4.69, 9.17) is 4.74 Å². The van der Waals surface area contributed by atoms with E-state index in [-0.39, 0.29) is 23.0 Å². The van der Waals surface area contributed by atoms with Crippen LogP contribution in [0.4, 0.5) is 0 Å². The minimum Gasteiger partial charge on any atom is -0.373 e. The summed E-state index contributed by atoms with van der Waals surface area (Å²) in [5.74, 6) is -0.225. The smallest absolute Gasteiger partial charge is 0.265 e. The van der Waals surface area contributed by atoms with E-state index >= 15 is 0 Å². The molecule has 1 aromatic rings. The van der Waals surface area contributed by atoms with Crippen molar-refractivity contribution in [3.63, 3.8) is 0 Å². The van der Waals surface area contributed by atoms with Crippen LogP contribution >= 0.6 is 0 Å². The van der Waals surface area contributed by atoms with Gasteiger partial charge in [-0.2, -0.15) is 4.31 Å². The van der Waals surface area contributed by atoms with Gasteiger partial charge in [0.2, 0.25) is 10.0 Å². The molecule has 2 fully saturated rings. The summed E-state index contributed by atoms with van der Waals surface area (Å²) in [4.78, 5) is 14.8. The molecule has 2 atom stereocenters. The molecule has 0 aliphatic carbocycles. The molecular weight excluding hydrogens is 368 g/mol. The lowest BCUT2D eigenvalue weighted by molar-refractivity contribution is -0.0440. The number of nitrogens with one attached hydrogen (secondary N) is 1. The van der Waals surface area contributed by atoms with Gasteiger partial charge in [-0.15, -0.1) is 0 Å². The molecule has 0 radical (unpaired) electrons. The van der Waals surface area contributed by atoms with Gasteiger partial charge in [-0.3, -0.25) is 10.2 Å². The van der Waals surface area contributed by atoms with Crippen LogP contribution in [0.15, 0.2) is 29.2 Å². The van der Waals surface area contributed by atoms with Gasteiger partial charge in [0, 0.05) is 44.8 Å². The molecule has 0 aromatic heterocycles. The zero-order valence-corrected chi connectivity index (χ0v) is 16.9. The molecule has 0 spiro atoms. The summed E-state index contributed by atoms with van der Waals surface area (Å²) in [5.41, 5.74) is 3.32. The normalized spacial score (nSPS) is 26.0. The molecule has 8 nitrogen and oxygen atoms in total. The van der Waals surface area contributed by atoms with Gasteiger partial charge in [0.05, 0.1) is 17.1 Å². The number of hydrogen-bond acceptors (Lipinski definition) is 6. The van der Waals surface area contributed by atoms with Gasteiger partial charge < -0.3 is 9.64 Å². The van der Waals surface area contributed by atoms with Crippen molar-refractivity contribution in [3.8, 4) is 0 Å². The summed E-state index contributed by atoms with van der Waals surface area (Å²) in [6, 6.07) is 6.12. The predicted octanol–water partition coefficient (Wildman–Crippen LogP) is 0.377. The van der Waals surface area contributed by atoms with E-state index in [1.165, 1.54) is 16.4 Å². The number of nitrogens with zero attached hydrogens (tertiary/aromatic N) is 3. The zero-order valence-electron chi connectivity index (χ0n) is 16.1. The monoisotopic (exact) mass is 396 g/mol. The first kappa shape index (κ1) is 20.2. The Hall–Kier alpha value is -1.52. The van der Waals surface area contributed by atoms with E-state index in [1.807, 2.05) is 25.9 Å². The first-order valence-electron chi connectivity index (χ1n) is 9.26. The Morgan fingerprint density at radius 3 is 2.15 bits per heavy atom. The van der Waals surface area contributed by atoms with Gasteiger partial charge in [0.15, 0.2) is 0 Å². The lowest BCUT2D eigenvalue weighted by atomic mass is 10.2. The Bertz CT molecular complexity index is 750. The molecule has 1 amide bonds. The number of carbonyl (C=O) groups excluding carboxylic acids is 1. The molecule has 2 heterocycles. The fraction of sp³-hybridized carbons (Fsp3) is 0.611. The maximum Gasteiger partial charge on any atom is 0.265 e. The van der Waals surface area contributed by atoms with Crippen molar-refractivity contribution in [2.75, 3.05) is 46.3 Å². The second-order valence-corrected chi connectivity index (χ2v) is 9.27. The van der Waals surface area contributed by atoms with Crippen molar-refractivity contribution in [2.45, 2.75) is 31.0 Å². The standard InChI is InChI=1S/C18H28N4O4S/c1-14-12-22(13-15(2)26-14)27(24,25)17-6-4-16(5-7-17)18(23)19-21-10-8-20(3)9-11-21/h4-7,14-15H,8-13H2,1-3H3,(H,19,23)/t14-,15-/m1/s1. The molecule has 1 N–H and O–H groups in total. The van der Waals surface area contributed by atoms with Gasteiger partial charge in [0.1, 0.15) is 0 Å². The number of carbonyl (C=O) groups is 1. The van der Waals surface area contributed by atoms with Crippen LogP contribution in [-0.4, -0.2) is 87.1 Å². The van der Waals surface area contributed by atoms with Gasteiger partial charge in [-0.05, 0) is 45.2 Å². The van der Waals surface area contributed by atoms with Crippen molar-refractivity contribution in [3.05, 3.63) is 29.8 Å². The average Bonchev–Trinajstić information content (AvgIpc) is 2.63. The fourth-order valence-electron chi connectivity index (χ4n) is 3.38. The number of benzene rings is 1. The third-order valence-electron chi connectivity index (χ3n) is 4.90. The first-order chi connectivity index (χ1) is 12.8. The number of likely N-dealkylation sites (N-methyl/N-ethyl adjacent to an activating group) is 1. The van der Waals surface area contributed by atoms with Crippen molar-refractivity contribution in [1.29, 1.82) is 0 Å². The Labute approximate surface area is 161 Å². The molecule has 9 heteroatoms. The quantitative estimate of drug-likeness (QED) is 0.792. The summed E-state index contributed by atoms with van der Waals surface area (Å²) in [7, 11) is -1.55. The first-order valence-corrected chi connectivity index (χ1v) is 10.7.